The summed E-state index contributed by atoms with van der Waals surface area (Å²) in [7, 11) is 0. The van der Waals surface area contributed by atoms with Crippen molar-refractivity contribution in [1.29, 1.82) is 0 Å². The van der Waals surface area contributed by atoms with Crippen molar-refractivity contribution in [3.8, 4) is 11.5 Å². The molecule has 2 aromatic rings. The first kappa shape index (κ1) is 15.5. The Bertz CT molecular complexity index is 626. The average molecular weight is 327 g/mol. The Morgan fingerprint density at radius 1 is 0.905 bits per heavy atom. The van der Waals surface area contributed by atoms with Gasteiger partial charge >= 0.3 is 5.97 Å². The van der Waals surface area contributed by atoms with Gasteiger partial charge in [-0.25, -0.2) is 4.79 Å². The highest BCUT2D eigenvalue weighted by Crippen LogP contribution is 2.26. The molecule has 0 heterocycles. The number of carboxylic acid groups (broad SMARTS) is 1. The number of rotatable bonds is 6. The summed E-state index contributed by atoms with van der Waals surface area (Å²) in [6.07, 6.45) is 0. The number of hydrogen-bond acceptors (Lipinski definition) is 3. The van der Waals surface area contributed by atoms with E-state index in [0.717, 1.165) is 0 Å². The number of carbonyl (C=O) groups is 1. The van der Waals surface area contributed by atoms with Gasteiger partial charge < -0.3 is 14.6 Å². The van der Waals surface area contributed by atoms with Gasteiger partial charge in [0.1, 0.15) is 24.7 Å². The van der Waals surface area contributed by atoms with Crippen LogP contribution in [0.15, 0.2) is 42.5 Å². The highest BCUT2D eigenvalue weighted by molar-refractivity contribution is 6.42. The molecule has 1 N–H and O–H groups in total. The maximum Gasteiger partial charge on any atom is 0.335 e. The van der Waals surface area contributed by atoms with Crippen molar-refractivity contribution < 1.29 is 19.4 Å². The fourth-order valence-electron chi connectivity index (χ4n) is 1.58. The van der Waals surface area contributed by atoms with Gasteiger partial charge in [0, 0.05) is 6.07 Å². The minimum Gasteiger partial charge on any atom is -0.490 e. The molecule has 4 nitrogen and oxygen atoms in total. The van der Waals surface area contributed by atoms with E-state index in [-0.39, 0.29) is 5.56 Å². The molecule has 0 bridgehead atoms. The number of hydrogen-bond donors (Lipinski definition) is 1. The van der Waals surface area contributed by atoms with Crippen LogP contribution in [-0.2, 0) is 0 Å². The van der Waals surface area contributed by atoms with E-state index in [0.29, 0.717) is 34.8 Å². The molecule has 0 aliphatic rings. The Hall–Kier alpha value is -1.91. The fraction of sp³-hybridized carbons (Fsp3) is 0.133. The third kappa shape index (κ3) is 4.55. The smallest absolute Gasteiger partial charge is 0.335 e. The van der Waals surface area contributed by atoms with E-state index in [1.54, 1.807) is 30.3 Å². The monoisotopic (exact) mass is 326 g/mol. The zero-order valence-corrected chi connectivity index (χ0v) is 12.4. The van der Waals surface area contributed by atoms with Crippen LogP contribution in [0, 0.1) is 0 Å². The molecule has 21 heavy (non-hydrogen) atoms. The van der Waals surface area contributed by atoms with Crippen molar-refractivity contribution in [3.63, 3.8) is 0 Å². The van der Waals surface area contributed by atoms with Gasteiger partial charge in [-0.15, -0.1) is 0 Å². The minimum absolute atomic E-state index is 0.217. The van der Waals surface area contributed by atoms with Crippen molar-refractivity contribution in [2.24, 2.45) is 0 Å². The van der Waals surface area contributed by atoms with Gasteiger partial charge in [-0.2, -0.15) is 0 Å². The van der Waals surface area contributed by atoms with Crippen LogP contribution in [0.2, 0.25) is 10.0 Å². The average Bonchev–Trinajstić information content (AvgIpc) is 2.47. The summed E-state index contributed by atoms with van der Waals surface area (Å²) in [5.74, 6) is 0.219. The van der Waals surface area contributed by atoms with Crippen molar-refractivity contribution in [3.05, 3.63) is 58.1 Å². The predicted molar refractivity (Wildman–Crippen MR) is 80.9 cm³/mol. The maximum absolute atomic E-state index is 10.7. The van der Waals surface area contributed by atoms with E-state index < -0.39 is 5.97 Å². The van der Waals surface area contributed by atoms with Crippen LogP contribution >= 0.6 is 23.2 Å². The van der Waals surface area contributed by atoms with Crippen LogP contribution in [0.5, 0.6) is 11.5 Å². The lowest BCUT2D eigenvalue weighted by Crippen LogP contribution is -2.09. The predicted octanol–water partition coefficient (Wildman–Crippen LogP) is 4.15. The molecule has 2 rings (SSSR count). The second kappa shape index (κ2) is 7.20. The molecule has 0 amide bonds. The molecular formula is C15H12Cl2O4. The van der Waals surface area contributed by atoms with Crippen molar-refractivity contribution >= 4 is 29.2 Å². The molecule has 0 fully saturated rings. The Morgan fingerprint density at radius 2 is 1.48 bits per heavy atom. The quantitative estimate of drug-likeness (QED) is 0.810. The van der Waals surface area contributed by atoms with Gasteiger partial charge in [0.2, 0.25) is 0 Å². The summed E-state index contributed by atoms with van der Waals surface area (Å²) in [4.78, 5) is 10.7. The Balaban J connectivity index is 1.79. The Labute approximate surface area is 131 Å². The lowest BCUT2D eigenvalue weighted by atomic mass is 10.2. The second-order valence-corrected chi connectivity index (χ2v) is 4.92. The molecule has 0 spiro atoms. The summed E-state index contributed by atoms with van der Waals surface area (Å²) < 4.78 is 10.9. The molecule has 0 radical (unpaired) electrons. The second-order valence-electron chi connectivity index (χ2n) is 4.10. The van der Waals surface area contributed by atoms with E-state index in [4.69, 9.17) is 37.8 Å². The lowest BCUT2D eigenvalue weighted by Gasteiger charge is -2.09. The van der Waals surface area contributed by atoms with Crippen LogP contribution in [0.25, 0.3) is 0 Å². The van der Waals surface area contributed by atoms with Crippen LogP contribution in [0.3, 0.4) is 0 Å². The molecule has 0 aromatic heterocycles. The van der Waals surface area contributed by atoms with Gasteiger partial charge in [-0.1, -0.05) is 23.2 Å². The normalized spacial score (nSPS) is 10.2. The molecule has 0 atom stereocenters. The summed E-state index contributed by atoms with van der Waals surface area (Å²) in [6.45, 7) is 0.658. The Kier molecular flexibility index (Phi) is 5.31. The molecule has 2 aromatic carbocycles. The maximum atomic E-state index is 10.7. The van der Waals surface area contributed by atoms with Crippen LogP contribution in [0.4, 0.5) is 0 Å². The molecule has 0 saturated heterocycles. The Morgan fingerprint density at radius 3 is 2.05 bits per heavy atom. The first-order chi connectivity index (χ1) is 10.1. The van der Waals surface area contributed by atoms with Crippen molar-refractivity contribution in [2.75, 3.05) is 13.2 Å². The molecule has 110 valence electrons. The fourth-order valence-corrected chi connectivity index (χ4v) is 1.87. The molecule has 0 unspecified atom stereocenters. The van der Waals surface area contributed by atoms with Crippen LogP contribution in [-0.4, -0.2) is 24.3 Å². The van der Waals surface area contributed by atoms with Gasteiger partial charge in [0.15, 0.2) is 0 Å². The SMILES string of the molecule is O=C(O)c1ccc(OCCOc2ccc(Cl)c(Cl)c2)cc1. The van der Waals surface area contributed by atoms with E-state index in [1.165, 1.54) is 12.1 Å². The number of halogens is 2. The highest BCUT2D eigenvalue weighted by Gasteiger charge is 2.03. The van der Waals surface area contributed by atoms with Crippen LogP contribution < -0.4 is 9.47 Å². The standard InChI is InChI=1S/C15H12Cl2O4/c16-13-6-5-12(9-14(13)17)21-8-7-20-11-3-1-10(2-4-11)15(18)19/h1-6,9H,7-8H2,(H,18,19). The first-order valence-electron chi connectivity index (χ1n) is 6.10. The summed E-state index contributed by atoms with van der Waals surface area (Å²) in [5.41, 5.74) is 0.217. The van der Waals surface area contributed by atoms with Gasteiger partial charge in [0.05, 0.1) is 15.6 Å². The van der Waals surface area contributed by atoms with Crippen LogP contribution in [0.1, 0.15) is 10.4 Å². The topological polar surface area (TPSA) is 55.8 Å². The zero-order chi connectivity index (χ0) is 15.2. The highest BCUT2D eigenvalue weighted by atomic mass is 35.5. The van der Waals surface area contributed by atoms with E-state index in [2.05, 4.69) is 0 Å². The molecule has 6 heteroatoms. The van der Waals surface area contributed by atoms with Gasteiger partial charge in [-0.05, 0) is 36.4 Å². The number of benzene rings is 2. The first-order valence-corrected chi connectivity index (χ1v) is 6.86. The third-order valence-electron chi connectivity index (χ3n) is 2.61. The molecule has 0 aliphatic heterocycles. The molecular weight excluding hydrogens is 315 g/mol. The van der Waals surface area contributed by atoms with Crippen molar-refractivity contribution in [1.82, 2.24) is 0 Å². The summed E-state index contributed by atoms with van der Waals surface area (Å²) >= 11 is 11.7. The summed E-state index contributed by atoms with van der Waals surface area (Å²) in [5, 5.41) is 9.68. The number of ether oxygens (including phenoxy) is 2. The van der Waals surface area contributed by atoms with Crippen molar-refractivity contribution in [2.45, 2.75) is 0 Å². The molecule has 0 aliphatic carbocycles. The van der Waals surface area contributed by atoms with E-state index in [9.17, 15) is 4.79 Å². The number of aromatic carboxylic acids is 1. The largest absolute Gasteiger partial charge is 0.490 e. The van der Waals surface area contributed by atoms with E-state index in [1.807, 2.05) is 0 Å². The van der Waals surface area contributed by atoms with Gasteiger partial charge in [0.25, 0.3) is 0 Å². The number of carboxylic acids is 1. The van der Waals surface area contributed by atoms with E-state index >= 15 is 0 Å². The summed E-state index contributed by atoms with van der Waals surface area (Å²) in [6, 6.07) is 11.2. The third-order valence-corrected chi connectivity index (χ3v) is 3.35. The molecule has 0 saturated carbocycles. The lowest BCUT2D eigenvalue weighted by molar-refractivity contribution is 0.0697. The minimum atomic E-state index is -0.968. The zero-order valence-electron chi connectivity index (χ0n) is 10.9. The van der Waals surface area contributed by atoms with Gasteiger partial charge in [-0.3, -0.25) is 0 Å².